The number of aromatic amines is 1. The van der Waals surface area contributed by atoms with E-state index in [1.54, 1.807) is 30.5 Å². The molecule has 216 valence electrons. The molecule has 3 atom stereocenters. The van der Waals surface area contributed by atoms with E-state index in [0.717, 1.165) is 50.9 Å². The minimum atomic E-state index is -0.516. The van der Waals surface area contributed by atoms with E-state index in [2.05, 4.69) is 30.5 Å². The summed E-state index contributed by atoms with van der Waals surface area (Å²) in [6.45, 7) is 1.53. The molecule has 4 heterocycles. The molecule has 2 saturated carbocycles. The van der Waals surface area contributed by atoms with Crippen molar-refractivity contribution in [2.45, 2.75) is 44.6 Å². The van der Waals surface area contributed by atoms with Gasteiger partial charge < -0.3 is 25.6 Å². The van der Waals surface area contributed by atoms with Gasteiger partial charge in [0.25, 0.3) is 5.56 Å². The van der Waals surface area contributed by atoms with E-state index in [0.29, 0.717) is 45.6 Å². The maximum atomic E-state index is 15.5. The molecule has 10 heteroatoms. The Morgan fingerprint density at radius 2 is 1.90 bits per heavy atom. The van der Waals surface area contributed by atoms with Crippen LogP contribution >= 0.6 is 0 Å². The summed E-state index contributed by atoms with van der Waals surface area (Å²) in [6, 6.07) is 11.7. The van der Waals surface area contributed by atoms with E-state index in [1.807, 2.05) is 12.1 Å². The number of hydrogen-bond acceptors (Lipinski definition) is 7. The van der Waals surface area contributed by atoms with Gasteiger partial charge in [-0.25, -0.2) is 14.4 Å². The molecule has 4 N–H and O–H groups in total. The van der Waals surface area contributed by atoms with E-state index >= 15 is 4.39 Å². The zero-order valence-electron chi connectivity index (χ0n) is 23.1. The van der Waals surface area contributed by atoms with E-state index < -0.39 is 5.82 Å². The molecule has 7 rings (SSSR count). The molecule has 1 aliphatic heterocycles. The van der Waals surface area contributed by atoms with Crippen molar-refractivity contribution in [1.29, 1.82) is 0 Å². The first-order valence-electron chi connectivity index (χ1n) is 14.7. The van der Waals surface area contributed by atoms with Gasteiger partial charge in [0.1, 0.15) is 11.6 Å². The Balaban J connectivity index is 1.15. The van der Waals surface area contributed by atoms with Gasteiger partial charge in [-0.2, -0.15) is 0 Å². The van der Waals surface area contributed by atoms with Gasteiger partial charge in [-0.05, 0) is 86.4 Å². The molecule has 1 aromatic carbocycles. The van der Waals surface area contributed by atoms with Gasteiger partial charge in [0.15, 0.2) is 0 Å². The zero-order valence-corrected chi connectivity index (χ0v) is 23.1. The largest absolute Gasteiger partial charge is 0.393 e. The number of aliphatic hydroxyl groups excluding tert-OH is 1. The van der Waals surface area contributed by atoms with Gasteiger partial charge in [0, 0.05) is 36.5 Å². The highest BCUT2D eigenvalue weighted by atomic mass is 19.1. The fourth-order valence-electron chi connectivity index (χ4n) is 6.94. The molecule has 3 aliphatic rings. The lowest BCUT2D eigenvalue weighted by Gasteiger charge is -2.31. The number of carbonyl (C=O) groups excluding carboxylic acids is 1. The molecule has 42 heavy (non-hydrogen) atoms. The topological polar surface area (TPSA) is 123 Å². The van der Waals surface area contributed by atoms with E-state index in [4.69, 9.17) is 0 Å². The monoisotopic (exact) mass is 568 g/mol. The number of amides is 1. The summed E-state index contributed by atoms with van der Waals surface area (Å²) in [4.78, 5) is 39.7. The number of H-pyrrole nitrogens is 1. The van der Waals surface area contributed by atoms with Gasteiger partial charge in [-0.1, -0.05) is 6.42 Å². The first-order valence-corrected chi connectivity index (χ1v) is 14.7. The van der Waals surface area contributed by atoms with E-state index in [1.165, 1.54) is 18.7 Å². The lowest BCUT2D eigenvalue weighted by atomic mass is 9.88. The fraction of sp³-hybridized carbons (Fsp3) is 0.375. The molecule has 4 aromatic rings. The second kappa shape index (κ2) is 10.8. The average Bonchev–Trinajstić information content (AvgIpc) is 3.63. The van der Waals surface area contributed by atoms with Gasteiger partial charge in [0.05, 0.1) is 40.3 Å². The van der Waals surface area contributed by atoms with Crippen LogP contribution in [0.3, 0.4) is 0 Å². The normalized spacial score (nSPS) is 22.0. The van der Waals surface area contributed by atoms with Crippen molar-refractivity contribution < 1.29 is 14.3 Å². The molecule has 2 aliphatic carbocycles. The number of anilines is 4. The number of nitrogens with one attached hydrogen (secondary N) is 3. The van der Waals surface area contributed by atoms with Crippen molar-refractivity contribution in [1.82, 2.24) is 15.0 Å². The standard InChI is InChI=1S/C32H33FN6O3/c33-25-15-20(36-31(41)24-14-18-1-2-19(24)13-18)3-5-23(25)27-16-28(30-26(37-27)7-10-34-32(30)42)38-29-6-4-21(17-35-29)39-11-8-22(40)9-12-39/h3-7,10,15-19,22,24,40H,1-2,8-9,11-14H2,(H,34,42)(H,36,41)(H,35,37,38). The van der Waals surface area contributed by atoms with Crippen molar-refractivity contribution in [3.63, 3.8) is 0 Å². The second-order valence-corrected chi connectivity index (χ2v) is 11.8. The third kappa shape index (κ3) is 5.11. The molecule has 0 radical (unpaired) electrons. The number of carbonyl (C=O) groups is 1. The number of nitrogens with zero attached hydrogens (tertiary/aromatic N) is 3. The SMILES string of the molecule is O=C(Nc1ccc(-c2cc(Nc3ccc(N4CCC(O)CC4)cn3)c3c(=O)[nH]ccc3n2)c(F)c1)C1CC2CCC1C2. The van der Waals surface area contributed by atoms with Crippen LogP contribution in [0.15, 0.2) is 59.7 Å². The van der Waals surface area contributed by atoms with E-state index in [-0.39, 0.29) is 29.1 Å². The fourth-order valence-corrected chi connectivity index (χ4v) is 6.94. The van der Waals surface area contributed by atoms with Crippen LogP contribution in [0.25, 0.3) is 22.2 Å². The number of hydrogen-bond donors (Lipinski definition) is 4. The second-order valence-electron chi connectivity index (χ2n) is 11.8. The summed E-state index contributed by atoms with van der Waals surface area (Å²) in [5.74, 6) is 1.08. The van der Waals surface area contributed by atoms with Gasteiger partial charge in [0.2, 0.25) is 5.91 Å². The Kier molecular flexibility index (Phi) is 6.85. The van der Waals surface area contributed by atoms with Crippen molar-refractivity contribution in [2.75, 3.05) is 28.6 Å². The quantitative estimate of drug-likeness (QED) is 0.252. The average molecular weight is 569 g/mol. The first kappa shape index (κ1) is 26.6. The summed E-state index contributed by atoms with van der Waals surface area (Å²) in [5.41, 5.74) is 2.53. The molecule has 3 fully saturated rings. The Morgan fingerprint density at radius 3 is 2.62 bits per heavy atom. The van der Waals surface area contributed by atoms with Crippen LogP contribution in [0, 0.1) is 23.6 Å². The van der Waals surface area contributed by atoms with Crippen molar-refractivity contribution >= 4 is 39.7 Å². The van der Waals surface area contributed by atoms with Crippen LogP contribution < -0.4 is 21.1 Å². The van der Waals surface area contributed by atoms with Crippen LogP contribution in [0.1, 0.15) is 38.5 Å². The minimum Gasteiger partial charge on any atom is -0.393 e. The highest BCUT2D eigenvalue weighted by Gasteiger charge is 2.43. The van der Waals surface area contributed by atoms with Crippen LogP contribution in [-0.4, -0.2) is 45.2 Å². The molecule has 3 aromatic heterocycles. The summed E-state index contributed by atoms with van der Waals surface area (Å²) < 4.78 is 15.5. The lowest BCUT2D eigenvalue weighted by molar-refractivity contribution is -0.121. The van der Waals surface area contributed by atoms with Crippen LogP contribution in [0.2, 0.25) is 0 Å². The third-order valence-electron chi connectivity index (χ3n) is 9.16. The highest BCUT2D eigenvalue weighted by Crippen LogP contribution is 2.48. The van der Waals surface area contributed by atoms with Crippen LogP contribution in [0.5, 0.6) is 0 Å². The summed E-state index contributed by atoms with van der Waals surface area (Å²) in [5, 5.41) is 16.3. The Labute approximate surface area is 242 Å². The number of aliphatic hydroxyl groups is 1. The number of benzene rings is 1. The van der Waals surface area contributed by atoms with Gasteiger partial charge in [-0.15, -0.1) is 0 Å². The first-order chi connectivity index (χ1) is 20.4. The number of fused-ring (bicyclic) bond motifs is 3. The van der Waals surface area contributed by atoms with E-state index in [9.17, 15) is 14.7 Å². The number of pyridine rings is 3. The highest BCUT2D eigenvalue weighted by molar-refractivity contribution is 5.95. The predicted octanol–water partition coefficient (Wildman–Crippen LogP) is 5.20. The number of rotatable bonds is 6. The van der Waals surface area contributed by atoms with Gasteiger partial charge in [-0.3, -0.25) is 9.59 Å². The Morgan fingerprint density at radius 1 is 1.05 bits per heavy atom. The molecule has 2 bridgehead atoms. The summed E-state index contributed by atoms with van der Waals surface area (Å²) >= 11 is 0. The maximum Gasteiger partial charge on any atom is 0.259 e. The summed E-state index contributed by atoms with van der Waals surface area (Å²) in [6.07, 6.45) is 8.83. The minimum absolute atomic E-state index is 0.00999. The number of piperidine rings is 1. The van der Waals surface area contributed by atoms with Crippen LogP contribution in [0.4, 0.5) is 27.3 Å². The van der Waals surface area contributed by atoms with Gasteiger partial charge >= 0.3 is 0 Å². The predicted molar refractivity (Wildman–Crippen MR) is 160 cm³/mol. The molecule has 9 nitrogen and oxygen atoms in total. The van der Waals surface area contributed by atoms with Crippen molar-refractivity contribution in [3.05, 3.63) is 71.0 Å². The molecule has 0 spiro atoms. The number of halogens is 1. The smallest absolute Gasteiger partial charge is 0.259 e. The molecular formula is C32H33FN6O3. The van der Waals surface area contributed by atoms with Crippen molar-refractivity contribution in [2.24, 2.45) is 17.8 Å². The molecule has 1 saturated heterocycles. The third-order valence-corrected chi connectivity index (χ3v) is 9.16. The number of aromatic nitrogens is 3. The maximum absolute atomic E-state index is 15.5. The molecular weight excluding hydrogens is 535 g/mol. The lowest BCUT2D eigenvalue weighted by Crippen LogP contribution is -2.35. The Bertz CT molecular complexity index is 1700. The summed E-state index contributed by atoms with van der Waals surface area (Å²) in [7, 11) is 0. The van der Waals surface area contributed by atoms with Crippen LogP contribution in [-0.2, 0) is 4.79 Å². The molecule has 1 amide bonds. The van der Waals surface area contributed by atoms with Crippen molar-refractivity contribution in [3.8, 4) is 11.3 Å². The molecule has 3 unspecified atom stereocenters. The zero-order chi connectivity index (χ0) is 28.8. The Hall–Kier alpha value is -4.31.